The van der Waals surface area contributed by atoms with Crippen molar-refractivity contribution in [3.05, 3.63) is 48.3 Å². The fourth-order valence-corrected chi connectivity index (χ4v) is 5.77. The standard InChI is InChI=1S/C31H37N3O3/c1-35-29-20-27-28(21-30(29)36-2)32-22-33-31(27)37-26-17-15-23(16-18-26)10-9-19-34(24-11-5-3-6-12-24)25-13-7-4-8-14-25/h15-18,20-22,24-25H,3-8,11-14,19H2,1-2H3. The topological polar surface area (TPSA) is 56.7 Å². The first-order valence-electron chi connectivity index (χ1n) is 13.6. The lowest BCUT2D eigenvalue weighted by Crippen LogP contribution is -2.45. The molecule has 0 atom stereocenters. The molecule has 37 heavy (non-hydrogen) atoms. The first-order chi connectivity index (χ1) is 18.2. The first-order valence-corrected chi connectivity index (χ1v) is 13.6. The molecule has 3 aromatic rings. The highest BCUT2D eigenvalue weighted by Gasteiger charge is 2.28. The molecule has 2 fully saturated rings. The Morgan fingerprint density at radius 2 is 1.43 bits per heavy atom. The second-order valence-electron chi connectivity index (χ2n) is 10.1. The number of nitrogens with zero attached hydrogens (tertiary/aromatic N) is 3. The van der Waals surface area contributed by atoms with Gasteiger partial charge in [-0.1, -0.05) is 50.4 Å². The smallest absolute Gasteiger partial charge is 0.230 e. The van der Waals surface area contributed by atoms with E-state index < -0.39 is 0 Å². The van der Waals surface area contributed by atoms with Gasteiger partial charge in [0.15, 0.2) is 11.5 Å². The molecule has 0 aliphatic heterocycles. The van der Waals surface area contributed by atoms with Crippen LogP contribution < -0.4 is 14.2 Å². The molecule has 5 rings (SSSR count). The molecule has 6 heteroatoms. The van der Waals surface area contributed by atoms with Crippen LogP contribution in [0, 0.1) is 11.8 Å². The van der Waals surface area contributed by atoms with E-state index in [1.54, 1.807) is 14.2 Å². The number of hydrogen-bond donors (Lipinski definition) is 0. The third kappa shape index (κ3) is 6.17. The van der Waals surface area contributed by atoms with E-state index in [0.717, 1.165) is 23.0 Å². The normalized spacial score (nSPS) is 16.8. The molecule has 0 saturated heterocycles. The number of hydrogen-bond acceptors (Lipinski definition) is 6. The van der Waals surface area contributed by atoms with E-state index in [1.165, 1.54) is 70.5 Å². The Morgan fingerprint density at radius 1 is 0.811 bits per heavy atom. The van der Waals surface area contributed by atoms with Crippen molar-refractivity contribution in [1.29, 1.82) is 0 Å². The lowest BCUT2D eigenvalue weighted by atomic mass is 9.88. The average molecular weight is 500 g/mol. The SMILES string of the molecule is COc1cc2ncnc(Oc3ccc(C#CCN(C4CCCCC4)C4CCCCC4)cc3)c2cc1OC. The Hall–Kier alpha value is -3.30. The number of ether oxygens (including phenoxy) is 3. The Labute approximate surface area is 220 Å². The lowest BCUT2D eigenvalue weighted by molar-refractivity contribution is 0.0961. The third-order valence-corrected chi connectivity index (χ3v) is 7.75. The summed E-state index contributed by atoms with van der Waals surface area (Å²) in [5.41, 5.74) is 1.73. The highest BCUT2D eigenvalue weighted by atomic mass is 16.5. The maximum atomic E-state index is 6.12. The molecule has 194 valence electrons. The molecular weight excluding hydrogens is 462 g/mol. The van der Waals surface area contributed by atoms with Gasteiger partial charge in [-0.25, -0.2) is 9.97 Å². The van der Waals surface area contributed by atoms with Gasteiger partial charge in [0.2, 0.25) is 5.88 Å². The number of fused-ring (bicyclic) bond motifs is 1. The summed E-state index contributed by atoms with van der Waals surface area (Å²) in [6, 6.07) is 13.0. The van der Waals surface area contributed by atoms with Gasteiger partial charge in [-0.2, -0.15) is 0 Å². The zero-order valence-corrected chi connectivity index (χ0v) is 22.0. The van der Waals surface area contributed by atoms with Gasteiger partial charge in [0.25, 0.3) is 0 Å². The third-order valence-electron chi connectivity index (χ3n) is 7.75. The Kier molecular flexibility index (Phi) is 8.42. The van der Waals surface area contributed by atoms with Crippen LogP contribution in [0.15, 0.2) is 42.7 Å². The quantitative estimate of drug-likeness (QED) is 0.335. The Morgan fingerprint density at radius 3 is 2.05 bits per heavy atom. The van der Waals surface area contributed by atoms with Crippen LogP contribution >= 0.6 is 0 Å². The van der Waals surface area contributed by atoms with Crippen molar-refractivity contribution in [2.45, 2.75) is 76.3 Å². The summed E-state index contributed by atoms with van der Waals surface area (Å²) in [6.45, 7) is 0.867. The molecule has 0 bridgehead atoms. The van der Waals surface area contributed by atoms with E-state index in [0.29, 0.717) is 35.2 Å². The molecule has 0 N–H and O–H groups in total. The van der Waals surface area contributed by atoms with Crippen molar-refractivity contribution in [2.24, 2.45) is 0 Å². The van der Waals surface area contributed by atoms with E-state index in [-0.39, 0.29) is 0 Å². The summed E-state index contributed by atoms with van der Waals surface area (Å²) >= 11 is 0. The number of rotatable bonds is 7. The molecule has 2 saturated carbocycles. The van der Waals surface area contributed by atoms with E-state index in [1.807, 2.05) is 36.4 Å². The molecule has 2 aliphatic carbocycles. The molecule has 0 spiro atoms. The van der Waals surface area contributed by atoms with Gasteiger partial charge < -0.3 is 14.2 Å². The number of methoxy groups -OCH3 is 2. The second kappa shape index (κ2) is 12.3. The van der Waals surface area contributed by atoms with Crippen LogP contribution in [0.3, 0.4) is 0 Å². The van der Waals surface area contributed by atoms with Crippen molar-refractivity contribution in [3.8, 4) is 35.0 Å². The van der Waals surface area contributed by atoms with Crippen LogP contribution in [0.25, 0.3) is 10.9 Å². The fourth-order valence-electron chi connectivity index (χ4n) is 5.77. The molecule has 0 unspecified atom stereocenters. The van der Waals surface area contributed by atoms with E-state index in [2.05, 4.69) is 26.7 Å². The second-order valence-corrected chi connectivity index (χ2v) is 10.1. The minimum Gasteiger partial charge on any atom is -0.493 e. The van der Waals surface area contributed by atoms with Crippen LogP contribution in [0.2, 0.25) is 0 Å². The maximum absolute atomic E-state index is 6.12. The Bertz CT molecular complexity index is 1220. The van der Waals surface area contributed by atoms with Crippen molar-refractivity contribution in [2.75, 3.05) is 20.8 Å². The van der Waals surface area contributed by atoms with Crippen LogP contribution in [-0.4, -0.2) is 47.7 Å². The van der Waals surface area contributed by atoms with Gasteiger partial charge in [0.05, 0.1) is 31.7 Å². The fraction of sp³-hybridized carbons (Fsp3) is 0.484. The summed E-state index contributed by atoms with van der Waals surface area (Å²) in [5, 5.41) is 0.759. The van der Waals surface area contributed by atoms with E-state index in [4.69, 9.17) is 14.2 Å². The van der Waals surface area contributed by atoms with Crippen LogP contribution in [0.1, 0.15) is 69.8 Å². The molecule has 1 aromatic heterocycles. The van der Waals surface area contributed by atoms with E-state index >= 15 is 0 Å². The van der Waals surface area contributed by atoms with Crippen molar-refractivity contribution >= 4 is 10.9 Å². The van der Waals surface area contributed by atoms with Gasteiger partial charge >= 0.3 is 0 Å². The number of benzene rings is 2. The zero-order valence-electron chi connectivity index (χ0n) is 22.0. The molecular formula is C31H37N3O3. The molecule has 6 nitrogen and oxygen atoms in total. The van der Waals surface area contributed by atoms with Crippen LogP contribution in [-0.2, 0) is 0 Å². The first kappa shape index (κ1) is 25.4. The summed E-state index contributed by atoms with van der Waals surface area (Å²) in [4.78, 5) is 11.4. The number of aromatic nitrogens is 2. The van der Waals surface area contributed by atoms with E-state index in [9.17, 15) is 0 Å². The summed E-state index contributed by atoms with van der Waals surface area (Å²) in [5.74, 6) is 9.30. The molecule has 2 aliphatic rings. The summed E-state index contributed by atoms with van der Waals surface area (Å²) in [7, 11) is 3.22. The Balaban J connectivity index is 1.28. The van der Waals surface area contributed by atoms with Crippen LogP contribution in [0.4, 0.5) is 0 Å². The van der Waals surface area contributed by atoms with Crippen molar-refractivity contribution in [3.63, 3.8) is 0 Å². The minimum absolute atomic E-state index is 0.473. The van der Waals surface area contributed by atoms with Crippen LogP contribution in [0.5, 0.6) is 23.1 Å². The lowest BCUT2D eigenvalue weighted by Gasteiger charge is -2.40. The van der Waals surface area contributed by atoms with Gasteiger partial charge in [0, 0.05) is 23.7 Å². The largest absolute Gasteiger partial charge is 0.493 e. The monoisotopic (exact) mass is 499 g/mol. The molecule has 0 radical (unpaired) electrons. The predicted molar refractivity (Wildman–Crippen MR) is 146 cm³/mol. The van der Waals surface area contributed by atoms with Gasteiger partial charge in [0.1, 0.15) is 12.1 Å². The summed E-state index contributed by atoms with van der Waals surface area (Å²) < 4.78 is 16.9. The minimum atomic E-state index is 0.473. The highest BCUT2D eigenvalue weighted by Crippen LogP contribution is 2.36. The van der Waals surface area contributed by atoms with Gasteiger partial charge in [-0.05, 0) is 56.0 Å². The summed E-state index contributed by atoms with van der Waals surface area (Å²) in [6.07, 6.45) is 15.1. The highest BCUT2D eigenvalue weighted by molar-refractivity contribution is 5.87. The van der Waals surface area contributed by atoms with Gasteiger partial charge in [-0.15, -0.1) is 0 Å². The maximum Gasteiger partial charge on any atom is 0.230 e. The van der Waals surface area contributed by atoms with Crippen molar-refractivity contribution < 1.29 is 14.2 Å². The molecule has 0 amide bonds. The van der Waals surface area contributed by atoms with Crippen molar-refractivity contribution in [1.82, 2.24) is 14.9 Å². The molecule has 2 aromatic carbocycles. The molecule has 1 heterocycles. The zero-order chi connectivity index (χ0) is 25.5. The predicted octanol–water partition coefficient (Wildman–Crippen LogP) is 6.76. The van der Waals surface area contributed by atoms with Gasteiger partial charge in [-0.3, -0.25) is 4.90 Å². The average Bonchev–Trinajstić information content (AvgIpc) is 2.96.